The molecule has 2 N–H and O–H groups in total. The Balaban J connectivity index is 1.24. The van der Waals surface area contributed by atoms with Crippen LogP contribution in [0.4, 0.5) is 4.39 Å². The molecule has 2 amide bonds. The third kappa shape index (κ3) is 5.28. The Morgan fingerprint density at radius 2 is 2.02 bits per heavy atom. The van der Waals surface area contributed by atoms with E-state index in [0.29, 0.717) is 51.5 Å². The number of hydrogen-bond acceptors (Lipinski definition) is 8. The summed E-state index contributed by atoms with van der Waals surface area (Å²) in [5.41, 5.74) is -0.533. The molecule has 0 bridgehead atoms. The van der Waals surface area contributed by atoms with Gasteiger partial charge in [0.2, 0.25) is 11.8 Å². The smallest absolute Gasteiger partial charge is 0.246 e. The number of nitrogens with one attached hydrogen (secondary N) is 2. The first-order chi connectivity index (χ1) is 20.3. The maximum absolute atomic E-state index is 14.8. The molecular formula is C31H48FN7O3. The first kappa shape index (κ1) is 29.9. The minimum absolute atomic E-state index is 0.0209. The molecule has 6 aliphatic rings. The minimum atomic E-state index is -0.833. The van der Waals surface area contributed by atoms with Gasteiger partial charge in [0, 0.05) is 50.7 Å². The van der Waals surface area contributed by atoms with Gasteiger partial charge in [0.25, 0.3) is 0 Å². The Morgan fingerprint density at radius 3 is 2.76 bits per heavy atom. The fourth-order valence-corrected chi connectivity index (χ4v) is 9.39. The quantitative estimate of drug-likeness (QED) is 0.454. The SMILES string of the molecule is C=CC(=O)N1CCN(C2NC(OC[C@H]3CCCN3C)NC3C[C@]4(CCC32)C(=O)N(C)C2CCC(F)CC24)C[C@H]1CC#N. The summed E-state index contributed by atoms with van der Waals surface area (Å²) in [5, 5.41) is 17.1. The molecule has 0 radical (unpaired) electrons. The lowest BCUT2D eigenvalue weighted by atomic mass is 9.58. The summed E-state index contributed by atoms with van der Waals surface area (Å²) in [6, 6.07) is 2.61. The third-order valence-electron chi connectivity index (χ3n) is 11.6. The van der Waals surface area contributed by atoms with Crippen LogP contribution in [-0.4, -0.2) is 121 Å². The Kier molecular flexibility index (Phi) is 8.64. The number of nitriles is 1. The predicted octanol–water partition coefficient (Wildman–Crippen LogP) is 1.65. The molecule has 10 nitrogen and oxygen atoms in total. The van der Waals surface area contributed by atoms with Gasteiger partial charge in [0.1, 0.15) is 6.17 Å². The zero-order valence-corrected chi connectivity index (χ0v) is 25.2. The lowest BCUT2D eigenvalue weighted by Gasteiger charge is -2.55. The van der Waals surface area contributed by atoms with E-state index < -0.39 is 11.6 Å². The van der Waals surface area contributed by atoms with Crippen molar-refractivity contribution >= 4 is 11.8 Å². The van der Waals surface area contributed by atoms with Gasteiger partial charge in [-0.2, -0.15) is 5.26 Å². The van der Waals surface area contributed by atoms with E-state index >= 15 is 0 Å². The second kappa shape index (κ2) is 12.1. The van der Waals surface area contributed by atoms with Crippen LogP contribution in [0.5, 0.6) is 0 Å². The van der Waals surface area contributed by atoms with Crippen molar-refractivity contribution in [1.29, 1.82) is 5.26 Å². The van der Waals surface area contributed by atoms with Crippen LogP contribution in [0.2, 0.25) is 0 Å². The summed E-state index contributed by atoms with van der Waals surface area (Å²) >= 11 is 0. The number of piperazine rings is 1. The van der Waals surface area contributed by atoms with E-state index in [-0.39, 0.29) is 60.7 Å². The van der Waals surface area contributed by atoms with Crippen molar-refractivity contribution in [3.05, 3.63) is 12.7 Å². The van der Waals surface area contributed by atoms with Crippen LogP contribution in [0.15, 0.2) is 12.7 Å². The van der Waals surface area contributed by atoms with E-state index in [2.05, 4.69) is 40.1 Å². The minimum Gasteiger partial charge on any atom is -0.348 e. The lowest BCUT2D eigenvalue weighted by Crippen LogP contribution is -2.73. The second-order valence-corrected chi connectivity index (χ2v) is 13.7. The molecule has 0 aromatic carbocycles. The number of likely N-dealkylation sites (N-methyl/N-ethyl adjacent to an activating group) is 1. The maximum atomic E-state index is 14.8. The fourth-order valence-electron chi connectivity index (χ4n) is 9.39. The molecule has 6 fully saturated rings. The molecule has 4 saturated heterocycles. The van der Waals surface area contributed by atoms with Crippen molar-refractivity contribution in [1.82, 2.24) is 30.2 Å². The summed E-state index contributed by atoms with van der Waals surface area (Å²) in [5.74, 6) is 0.327. The first-order valence-corrected chi connectivity index (χ1v) is 16.0. The second-order valence-electron chi connectivity index (χ2n) is 13.7. The van der Waals surface area contributed by atoms with Gasteiger partial charge < -0.3 is 19.4 Å². The number of ether oxygens (including phenoxy) is 1. The molecule has 2 aliphatic carbocycles. The molecule has 10 atom stereocenters. The Bertz CT molecular complexity index is 1090. The third-order valence-corrected chi connectivity index (χ3v) is 11.6. The zero-order chi connectivity index (χ0) is 29.6. The van der Waals surface area contributed by atoms with Crippen LogP contribution < -0.4 is 10.6 Å². The first-order valence-electron chi connectivity index (χ1n) is 16.0. The summed E-state index contributed by atoms with van der Waals surface area (Å²) < 4.78 is 21.3. The summed E-state index contributed by atoms with van der Waals surface area (Å²) in [6.45, 7) is 7.16. The van der Waals surface area contributed by atoms with Crippen molar-refractivity contribution in [2.75, 3.05) is 46.9 Å². The molecular weight excluding hydrogens is 537 g/mol. The summed E-state index contributed by atoms with van der Waals surface area (Å²) in [7, 11) is 4.06. The molecule has 1 spiro atoms. The number of carbonyl (C=O) groups is 2. The topological polar surface area (TPSA) is 104 Å². The van der Waals surface area contributed by atoms with Gasteiger partial charge in [0.05, 0.1) is 36.7 Å². The monoisotopic (exact) mass is 585 g/mol. The van der Waals surface area contributed by atoms with E-state index in [1.807, 2.05) is 11.9 Å². The largest absolute Gasteiger partial charge is 0.348 e. The predicted molar refractivity (Wildman–Crippen MR) is 155 cm³/mol. The normalized spacial score (nSPS) is 42.8. The average Bonchev–Trinajstić information content (AvgIpc) is 3.49. The number of fused-ring (bicyclic) bond motifs is 3. The van der Waals surface area contributed by atoms with Crippen molar-refractivity contribution in [2.24, 2.45) is 17.3 Å². The molecule has 232 valence electrons. The number of amides is 2. The Hall–Kier alpha value is -2.10. The highest BCUT2D eigenvalue weighted by Gasteiger charge is 2.62. The number of hydrogen-bond donors (Lipinski definition) is 2. The van der Waals surface area contributed by atoms with Crippen LogP contribution >= 0.6 is 0 Å². The maximum Gasteiger partial charge on any atom is 0.246 e. The zero-order valence-electron chi connectivity index (χ0n) is 25.2. The van der Waals surface area contributed by atoms with Crippen LogP contribution in [0, 0.1) is 28.6 Å². The molecule has 0 aromatic heterocycles. The van der Waals surface area contributed by atoms with Crippen molar-refractivity contribution in [2.45, 2.75) is 101 Å². The van der Waals surface area contributed by atoms with E-state index in [1.165, 1.54) is 12.5 Å². The molecule has 2 saturated carbocycles. The van der Waals surface area contributed by atoms with Crippen LogP contribution in [0.1, 0.15) is 57.8 Å². The van der Waals surface area contributed by atoms with E-state index in [9.17, 15) is 19.2 Å². The van der Waals surface area contributed by atoms with Gasteiger partial charge in [0.15, 0.2) is 6.35 Å². The fraction of sp³-hybridized carbons (Fsp3) is 0.839. The van der Waals surface area contributed by atoms with Gasteiger partial charge in [-0.3, -0.25) is 25.1 Å². The van der Waals surface area contributed by atoms with E-state index in [1.54, 1.807) is 4.90 Å². The molecule has 4 heterocycles. The van der Waals surface area contributed by atoms with Crippen molar-refractivity contribution < 1.29 is 18.7 Å². The highest BCUT2D eigenvalue weighted by atomic mass is 19.1. The number of halogens is 1. The number of carbonyl (C=O) groups excluding carboxylic acids is 2. The summed E-state index contributed by atoms with van der Waals surface area (Å²) in [4.78, 5) is 34.9. The lowest BCUT2D eigenvalue weighted by molar-refractivity contribution is -0.147. The molecule has 7 unspecified atom stereocenters. The summed E-state index contributed by atoms with van der Waals surface area (Å²) in [6.07, 6.45) is 6.72. The van der Waals surface area contributed by atoms with Crippen LogP contribution in [0.25, 0.3) is 0 Å². The highest BCUT2D eigenvalue weighted by Crippen LogP contribution is 2.57. The van der Waals surface area contributed by atoms with Crippen molar-refractivity contribution in [3.63, 3.8) is 0 Å². The molecule has 6 rings (SSSR count). The van der Waals surface area contributed by atoms with Crippen LogP contribution in [0.3, 0.4) is 0 Å². The van der Waals surface area contributed by atoms with Gasteiger partial charge >= 0.3 is 0 Å². The van der Waals surface area contributed by atoms with Gasteiger partial charge in [-0.15, -0.1) is 0 Å². The molecule has 11 heteroatoms. The van der Waals surface area contributed by atoms with E-state index in [0.717, 1.165) is 32.2 Å². The molecule has 4 aliphatic heterocycles. The van der Waals surface area contributed by atoms with E-state index in [4.69, 9.17) is 4.74 Å². The van der Waals surface area contributed by atoms with Gasteiger partial charge in [-0.1, -0.05) is 6.58 Å². The molecule has 42 heavy (non-hydrogen) atoms. The highest BCUT2D eigenvalue weighted by molar-refractivity contribution is 5.87. The number of nitrogens with zero attached hydrogens (tertiary/aromatic N) is 5. The average molecular weight is 586 g/mol. The number of rotatable bonds is 6. The number of alkyl halides is 1. The Labute approximate surface area is 249 Å². The Morgan fingerprint density at radius 1 is 1.19 bits per heavy atom. The van der Waals surface area contributed by atoms with Crippen molar-refractivity contribution in [3.8, 4) is 6.07 Å². The molecule has 0 aromatic rings. The van der Waals surface area contributed by atoms with Gasteiger partial charge in [-0.05, 0) is 77.0 Å². The van der Waals surface area contributed by atoms with Crippen LogP contribution in [-0.2, 0) is 14.3 Å². The number of likely N-dealkylation sites (tertiary alicyclic amines) is 2. The standard InChI is InChI=1S/C31H48FN7O3/c1-4-27(40)39-15-14-38(18-21(39)10-12-33)28-23-9-11-31(24-16-20(32)7-8-26(24)37(3)29(31)41)17-25(23)34-30(35-28)42-19-22-6-5-13-36(22)2/h4,20-26,28,30,34-35H,1,5-11,13-19H2,2-3H3/t20?,21-,22-,23?,24?,25?,26?,28?,30?,31+/m1/s1. The van der Waals surface area contributed by atoms with Gasteiger partial charge in [-0.25, -0.2) is 4.39 Å².